The fraction of sp³-hybridized carbons (Fsp3) is 0.111. The number of benzene rings is 1. The van der Waals surface area contributed by atoms with E-state index in [-0.39, 0.29) is 5.82 Å². The summed E-state index contributed by atoms with van der Waals surface area (Å²) in [6.07, 6.45) is 5.11. The summed E-state index contributed by atoms with van der Waals surface area (Å²) in [6, 6.07) is 2.81. The number of hydrogen-bond donors (Lipinski definition) is 0. The Morgan fingerprint density at radius 2 is 2.18 bits per heavy atom. The molecule has 0 bridgehead atoms. The average Bonchev–Trinajstić information content (AvgIpc) is 2.01. The van der Waals surface area contributed by atoms with Crippen LogP contribution in [0.4, 0.5) is 4.39 Å². The second-order valence-corrected chi connectivity index (χ2v) is 2.56. The van der Waals surface area contributed by atoms with Crippen LogP contribution in [0.15, 0.2) is 12.1 Å². The Kier molecular flexibility index (Phi) is 2.16. The van der Waals surface area contributed by atoms with Gasteiger partial charge in [-0.15, -0.1) is 6.42 Å². The molecule has 0 aromatic heterocycles. The van der Waals surface area contributed by atoms with Gasteiger partial charge in [0, 0.05) is 11.1 Å². The number of halogens is 2. The average molecular weight is 169 g/mol. The molecule has 0 heterocycles. The summed E-state index contributed by atoms with van der Waals surface area (Å²) in [4.78, 5) is 0. The molecule has 0 radical (unpaired) electrons. The summed E-state index contributed by atoms with van der Waals surface area (Å²) in [7, 11) is 0. The van der Waals surface area contributed by atoms with Gasteiger partial charge in [0.05, 0.1) is 5.02 Å². The van der Waals surface area contributed by atoms with Crippen molar-refractivity contribution < 1.29 is 4.39 Å². The van der Waals surface area contributed by atoms with Crippen molar-refractivity contribution in [3.05, 3.63) is 34.1 Å². The van der Waals surface area contributed by atoms with Crippen molar-refractivity contribution in [2.75, 3.05) is 0 Å². The van der Waals surface area contributed by atoms with Crippen LogP contribution in [0.1, 0.15) is 11.1 Å². The normalized spacial score (nSPS) is 9.27. The third kappa shape index (κ3) is 1.36. The quantitative estimate of drug-likeness (QED) is 0.523. The fourth-order valence-corrected chi connectivity index (χ4v) is 0.981. The molecule has 56 valence electrons. The summed E-state index contributed by atoms with van der Waals surface area (Å²) in [5.74, 6) is 2.04. The summed E-state index contributed by atoms with van der Waals surface area (Å²) >= 11 is 5.72. The van der Waals surface area contributed by atoms with Crippen molar-refractivity contribution in [3.8, 4) is 12.3 Å². The van der Waals surface area contributed by atoms with Gasteiger partial charge in [0.1, 0.15) is 5.82 Å². The lowest BCUT2D eigenvalue weighted by molar-refractivity contribution is 0.618. The molecule has 0 unspecified atom stereocenters. The predicted octanol–water partition coefficient (Wildman–Crippen LogP) is 2.77. The van der Waals surface area contributed by atoms with Crippen molar-refractivity contribution in [2.45, 2.75) is 6.92 Å². The highest BCUT2D eigenvalue weighted by molar-refractivity contribution is 6.32. The third-order valence-corrected chi connectivity index (χ3v) is 1.96. The van der Waals surface area contributed by atoms with Crippen molar-refractivity contribution in [2.24, 2.45) is 0 Å². The van der Waals surface area contributed by atoms with E-state index in [2.05, 4.69) is 5.92 Å². The SMILES string of the molecule is C#Cc1ccc(F)c(C)c1Cl. The zero-order valence-corrected chi connectivity index (χ0v) is 6.74. The van der Waals surface area contributed by atoms with Crippen LogP contribution in [-0.2, 0) is 0 Å². The lowest BCUT2D eigenvalue weighted by atomic mass is 10.1. The van der Waals surface area contributed by atoms with E-state index in [1.807, 2.05) is 0 Å². The molecule has 0 nitrogen and oxygen atoms in total. The van der Waals surface area contributed by atoms with E-state index in [1.165, 1.54) is 12.1 Å². The van der Waals surface area contributed by atoms with Crippen molar-refractivity contribution in [3.63, 3.8) is 0 Å². The molecule has 1 rings (SSSR count). The molecule has 1 aromatic carbocycles. The molecule has 0 aliphatic carbocycles. The minimum absolute atomic E-state index is 0.325. The smallest absolute Gasteiger partial charge is 0.127 e. The molecule has 0 atom stereocenters. The first-order valence-corrected chi connectivity index (χ1v) is 3.46. The monoisotopic (exact) mass is 168 g/mol. The molecule has 0 fully saturated rings. The van der Waals surface area contributed by atoms with Gasteiger partial charge in [0.15, 0.2) is 0 Å². The van der Waals surface area contributed by atoms with Gasteiger partial charge in [-0.1, -0.05) is 17.5 Å². The highest BCUT2D eigenvalue weighted by atomic mass is 35.5. The summed E-state index contributed by atoms with van der Waals surface area (Å²) in [5, 5.41) is 0.326. The minimum atomic E-state index is -0.325. The highest BCUT2D eigenvalue weighted by Crippen LogP contribution is 2.21. The van der Waals surface area contributed by atoms with Crippen LogP contribution in [0.2, 0.25) is 5.02 Å². The first-order chi connectivity index (χ1) is 5.16. The highest BCUT2D eigenvalue weighted by Gasteiger charge is 2.04. The molecular formula is C9H6ClF. The van der Waals surface area contributed by atoms with Gasteiger partial charge >= 0.3 is 0 Å². The van der Waals surface area contributed by atoms with E-state index in [9.17, 15) is 4.39 Å². The van der Waals surface area contributed by atoms with Crippen molar-refractivity contribution >= 4 is 11.6 Å². The molecule has 1 aromatic rings. The van der Waals surface area contributed by atoms with Crippen LogP contribution in [0, 0.1) is 25.1 Å². The van der Waals surface area contributed by atoms with Gasteiger partial charge in [-0.2, -0.15) is 0 Å². The third-order valence-electron chi connectivity index (χ3n) is 1.48. The van der Waals surface area contributed by atoms with E-state index in [1.54, 1.807) is 6.92 Å². The van der Waals surface area contributed by atoms with Crippen LogP contribution >= 0.6 is 11.6 Å². The fourth-order valence-electron chi connectivity index (χ4n) is 0.773. The zero-order chi connectivity index (χ0) is 8.43. The first-order valence-electron chi connectivity index (χ1n) is 3.08. The Labute approximate surface area is 70.0 Å². The minimum Gasteiger partial charge on any atom is -0.207 e. The van der Waals surface area contributed by atoms with Crippen LogP contribution < -0.4 is 0 Å². The van der Waals surface area contributed by atoms with Crippen LogP contribution in [0.3, 0.4) is 0 Å². The number of rotatable bonds is 0. The number of hydrogen-bond acceptors (Lipinski definition) is 0. The topological polar surface area (TPSA) is 0 Å². The van der Waals surface area contributed by atoms with Crippen molar-refractivity contribution in [1.29, 1.82) is 0 Å². The molecule has 0 saturated heterocycles. The second kappa shape index (κ2) is 2.94. The zero-order valence-electron chi connectivity index (χ0n) is 5.99. The molecule has 0 aliphatic rings. The van der Waals surface area contributed by atoms with Gasteiger partial charge in [0.2, 0.25) is 0 Å². The Balaban J connectivity index is 3.40. The molecule has 0 aliphatic heterocycles. The van der Waals surface area contributed by atoms with Gasteiger partial charge in [-0.3, -0.25) is 0 Å². The maximum Gasteiger partial charge on any atom is 0.127 e. The van der Waals surface area contributed by atoms with E-state index in [0.717, 1.165) is 0 Å². The molecule has 0 amide bonds. The van der Waals surface area contributed by atoms with E-state index in [0.29, 0.717) is 16.1 Å². The maximum absolute atomic E-state index is 12.7. The summed E-state index contributed by atoms with van der Waals surface area (Å²) in [5.41, 5.74) is 0.938. The number of terminal acetylenes is 1. The predicted molar refractivity (Wildman–Crippen MR) is 44.1 cm³/mol. The molecule has 2 heteroatoms. The van der Waals surface area contributed by atoms with Gasteiger partial charge < -0.3 is 0 Å². The van der Waals surface area contributed by atoms with Gasteiger partial charge in [-0.05, 0) is 19.1 Å². The molecule has 11 heavy (non-hydrogen) atoms. The Morgan fingerprint density at radius 1 is 1.55 bits per heavy atom. The van der Waals surface area contributed by atoms with E-state index < -0.39 is 0 Å². The Bertz CT molecular complexity index is 323. The standard InChI is InChI=1S/C9H6ClF/c1-3-7-4-5-8(11)6(2)9(7)10/h1,4-5H,2H3. The molecule has 0 N–H and O–H groups in total. The maximum atomic E-state index is 12.7. The largest absolute Gasteiger partial charge is 0.207 e. The van der Waals surface area contributed by atoms with Crippen molar-refractivity contribution in [1.82, 2.24) is 0 Å². The summed E-state index contributed by atoms with van der Waals surface area (Å²) < 4.78 is 12.7. The lowest BCUT2D eigenvalue weighted by Gasteiger charge is -2.00. The van der Waals surface area contributed by atoms with Gasteiger partial charge in [0.25, 0.3) is 0 Å². The Morgan fingerprint density at radius 3 is 2.73 bits per heavy atom. The van der Waals surface area contributed by atoms with Gasteiger partial charge in [-0.25, -0.2) is 4.39 Å². The first kappa shape index (κ1) is 8.10. The van der Waals surface area contributed by atoms with E-state index >= 15 is 0 Å². The molecular weight excluding hydrogens is 163 g/mol. The lowest BCUT2D eigenvalue weighted by Crippen LogP contribution is -1.86. The van der Waals surface area contributed by atoms with Crippen LogP contribution in [0.25, 0.3) is 0 Å². The molecule has 0 spiro atoms. The Hall–Kier alpha value is -1.00. The van der Waals surface area contributed by atoms with Crippen LogP contribution in [0.5, 0.6) is 0 Å². The van der Waals surface area contributed by atoms with Crippen LogP contribution in [-0.4, -0.2) is 0 Å². The summed E-state index contributed by atoms with van der Waals surface area (Å²) in [6.45, 7) is 1.60. The second-order valence-electron chi connectivity index (χ2n) is 2.18. The van der Waals surface area contributed by atoms with E-state index in [4.69, 9.17) is 18.0 Å². The molecule has 0 saturated carbocycles.